The van der Waals surface area contributed by atoms with Gasteiger partial charge in [-0.1, -0.05) is 0 Å². The average molecular weight is 320 g/mol. The van der Waals surface area contributed by atoms with Crippen LogP contribution < -0.4 is 10.0 Å². The van der Waals surface area contributed by atoms with Gasteiger partial charge in [-0.15, -0.1) is 0 Å². The number of nitriles is 1. The van der Waals surface area contributed by atoms with Gasteiger partial charge in [0.15, 0.2) is 0 Å². The summed E-state index contributed by atoms with van der Waals surface area (Å²) in [6.45, 7) is 2.43. The molecule has 0 unspecified atom stereocenters. The summed E-state index contributed by atoms with van der Waals surface area (Å²) in [5.41, 5.74) is 1.04. The van der Waals surface area contributed by atoms with Crippen LogP contribution in [-0.2, 0) is 10.0 Å². The molecule has 1 aromatic heterocycles. The largest absolute Gasteiger partial charge is 0.384 e. The number of halogens is 1. The minimum Gasteiger partial charge on any atom is -0.384 e. The van der Waals surface area contributed by atoms with Crippen LogP contribution >= 0.6 is 0 Å². The number of anilines is 2. The molecule has 0 bridgehead atoms. The number of hydrogen-bond donors (Lipinski definition) is 2. The SMILES string of the molecule is CCNc1ccc(C#N)cc1NS(=O)(=O)c1cncc(F)c1. The van der Waals surface area contributed by atoms with E-state index in [0.29, 0.717) is 17.8 Å². The van der Waals surface area contributed by atoms with Crippen molar-refractivity contribution in [2.45, 2.75) is 11.8 Å². The van der Waals surface area contributed by atoms with Gasteiger partial charge < -0.3 is 5.32 Å². The lowest BCUT2D eigenvalue weighted by molar-refractivity contribution is 0.592. The van der Waals surface area contributed by atoms with Crippen LogP contribution in [0.3, 0.4) is 0 Å². The molecular formula is C14H13FN4O2S. The van der Waals surface area contributed by atoms with E-state index < -0.39 is 15.8 Å². The van der Waals surface area contributed by atoms with E-state index in [4.69, 9.17) is 5.26 Å². The highest BCUT2D eigenvalue weighted by Crippen LogP contribution is 2.26. The Hall–Kier alpha value is -2.66. The highest BCUT2D eigenvalue weighted by atomic mass is 32.2. The van der Waals surface area contributed by atoms with E-state index in [1.54, 1.807) is 12.1 Å². The van der Waals surface area contributed by atoms with Crippen molar-refractivity contribution >= 4 is 21.4 Å². The first kappa shape index (κ1) is 15.7. The molecule has 1 aromatic carbocycles. The molecule has 0 aliphatic carbocycles. The van der Waals surface area contributed by atoms with Crippen LogP contribution in [0.25, 0.3) is 0 Å². The standard InChI is InChI=1S/C14H13FN4O2S/c1-2-18-13-4-3-10(7-16)5-14(13)19-22(20,21)12-6-11(15)8-17-9-12/h3-6,8-9,18-19H,2H2,1H3. The molecule has 8 heteroatoms. The molecule has 2 N–H and O–H groups in total. The van der Waals surface area contributed by atoms with Crippen molar-refractivity contribution in [3.05, 3.63) is 48.0 Å². The van der Waals surface area contributed by atoms with E-state index in [2.05, 4.69) is 15.0 Å². The lowest BCUT2D eigenvalue weighted by atomic mass is 10.2. The molecule has 0 saturated heterocycles. The maximum absolute atomic E-state index is 13.1. The quantitative estimate of drug-likeness (QED) is 0.881. The second-order valence-corrected chi connectivity index (χ2v) is 6.03. The topological polar surface area (TPSA) is 94.9 Å². The fraction of sp³-hybridized carbons (Fsp3) is 0.143. The summed E-state index contributed by atoms with van der Waals surface area (Å²) in [5.74, 6) is -0.749. The Balaban J connectivity index is 2.42. The van der Waals surface area contributed by atoms with Crippen molar-refractivity contribution in [1.29, 1.82) is 5.26 Å². The lowest BCUT2D eigenvalue weighted by Crippen LogP contribution is -2.15. The maximum Gasteiger partial charge on any atom is 0.263 e. The molecule has 6 nitrogen and oxygen atoms in total. The van der Waals surface area contributed by atoms with Crippen molar-refractivity contribution in [3.63, 3.8) is 0 Å². The van der Waals surface area contributed by atoms with Crippen molar-refractivity contribution in [2.75, 3.05) is 16.6 Å². The van der Waals surface area contributed by atoms with Crippen LogP contribution in [-0.4, -0.2) is 19.9 Å². The first-order valence-electron chi connectivity index (χ1n) is 6.37. The third-order valence-electron chi connectivity index (χ3n) is 2.75. The Morgan fingerprint density at radius 2 is 2.05 bits per heavy atom. The average Bonchev–Trinajstić information content (AvgIpc) is 2.49. The van der Waals surface area contributed by atoms with Gasteiger partial charge in [-0.25, -0.2) is 12.8 Å². The minimum absolute atomic E-state index is 0.213. The molecule has 1 heterocycles. The van der Waals surface area contributed by atoms with E-state index in [0.717, 1.165) is 18.5 Å². The lowest BCUT2D eigenvalue weighted by Gasteiger charge is -2.13. The van der Waals surface area contributed by atoms with E-state index in [1.807, 2.05) is 13.0 Å². The van der Waals surface area contributed by atoms with Gasteiger partial charge in [0.2, 0.25) is 0 Å². The predicted octanol–water partition coefficient (Wildman–Crippen LogP) is 2.32. The van der Waals surface area contributed by atoms with Crippen molar-refractivity contribution in [1.82, 2.24) is 4.98 Å². The smallest absolute Gasteiger partial charge is 0.263 e. The van der Waals surface area contributed by atoms with Gasteiger partial charge in [-0.05, 0) is 31.2 Å². The number of benzene rings is 1. The molecule has 0 aliphatic heterocycles. The summed E-state index contributed by atoms with van der Waals surface area (Å²) >= 11 is 0. The van der Waals surface area contributed by atoms with Gasteiger partial charge in [-0.3, -0.25) is 9.71 Å². The highest BCUT2D eigenvalue weighted by molar-refractivity contribution is 7.92. The number of aromatic nitrogens is 1. The monoisotopic (exact) mass is 320 g/mol. The summed E-state index contributed by atoms with van der Waals surface area (Å²) in [7, 11) is -4.00. The zero-order valence-corrected chi connectivity index (χ0v) is 12.5. The van der Waals surface area contributed by atoms with Gasteiger partial charge >= 0.3 is 0 Å². The Kier molecular flexibility index (Phi) is 4.58. The summed E-state index contributed by atoms with van der Waals surface area (Å²) in [6, 6.07) is 7.38. The highest BCUT2D eigenvalue weighted by Gasteiger charge is 2.17. The van der Waals surface area contributed by atoms with Crippen molar-refractivity contribution < 1.29 is 12.8 Å². The van der Waals surface area contributed by atoms with E-state index >= 15 is 0 Å². The number of nitrogens with one attached hydrogen (secondary N) is 2. The molecule has 0 atom stereocenters. The zero-order valence-electron chi connectivity index (χ0n) is 11.7. The summed E-state index contributed by atoms with van der Waals surface area (Å²) in [6.07, 6.45) is 1.96. The number of hydrogen-bond acceptors (Lipinski definition) is 5. The molecule has 114 valence electrons. The van der Waals surface area contributed by atoms with Gasteiger partial charge in [0.05, 0.1) is 29.2 Å². The third kappa shape index (κ3) is 3.51. The van der Waals surface area contributed by atoms with E-state index in [9.17, 15) is 12.8 Å². The van der Waals surface area contributed by atoms with Gasteiger partial charge in [0.25, 0.3) is 10.0 Å². The van der Waals surface area contributed by atoms with Crippen LogP contribution in [0, 0.1) is 17.1 Å². The molecule has 22 heavy (non-hydrogen) atoms. The molecular weight excluding hydrogens is 307 g/mol. The van der Waals surface area contributed by atoms with Crippen LogP contribution in [0.1, 0.15) is 12.5 Å². The van der Waals surface area contributed by atoms with Crippen LogP contribution in [0.4, 0.5) is 15.8 Å². The molecule has 0 amide bonds. The predicted molar refractivity (Wildman–Crippen MR) is 80.3 cm³/mol. The second-order valence-electron chi connectivity index (χ2n) is 4.35. The first-order valence-corrected chi connectivity index (χ1v) is 7.86. The number of pyridine rings is 1. The second kappa shape index (κ2) is 6.41. The van der Waals surface area contributed by atoms with Crippen molar-refractivity contribution in [3.8, 4) is 6.07 Å². The van der Waals surface area contributed by atoms with Gasteiger partial charge in [0.1, 0.15) is 10.7 Å². The molecule has 0 radical (unpaired) electrons. The van der Waals surface area contributed by atoms with E-state index in [-0.39, 0.29) is 10.6 Å². The summed E-state index contributed by atoms with van der Waals surface area (Å²) < 4.78 is 40.0. The van der Waals surface area contributed by atoms with E-state index in [1.165, 1.54) is 6.07 Å². The first-order chi connectivity index (χ1) is 10.5. The third-order valence-corrected chi connectivity index (χ3v) is 4.08. The Labute approximate surface area is 127 Å². The van der Waals surface area contributed by atoms with Crippen LogP contribution in [0.2, 0.25) is 0 Å². The number of sulfonamides is 1. The van der Waals surface area contributed by atoms with Crippen LogP contribution in [0.15, 0.2) is 41.6 Å². The maximum atomic E-state index is 13.1. The minimum atomic E-state index is -4.00. The molecule has 2 aromatic rings. The summed E-state index contributed by atoms with van der Waals surface area (Å²) in [4.78, 5) is 3.23. The molecule has 0 fully saturated rings. The fourth-order valence-electron chi connectivity index (χ4n) is 1.79. The van der Waals surface area contributed by atoms with Crippen LogP contribution in [0.5, 0.6) is 0 Å². The number of nitrogens with zero attached hydrogens (tertiary/aromatic N) is 2. The van der Waals surface area contributed by atoms with Crippen molar-refractivity contribution in [2.24, 2.45) is 0 Å². The molecule has 0 saturated carbocycles. The summed E-state index contributed by atoms with van der Waals surface area (Å²) in [5, 5.41) is 11.9. The Bertz CT molecular complexity index is 831. The van der Waals surface area contributed by atoms with Gasteiger partial charge in [-0.2, -0.15) is 5.26 Å². The zero-order chi connectivity index (χ0) is 16.2. The Morgan fingerprint density at radius 3 is 2.68 bits per heavy atom. The normalized spacial score (nSPS) is 10.8. The molecule has 0 aliphatic rings. The van der Waals surface area contributed by atoms with Gasteiger partial charge in [0, 0.05) is 12.7 Å². The fourth-order valence-corrected chi connectivity index (χ4v) is 2.83. The Morgan fingerprint density at radius 1 is 1.27 bits per heavy atom. The number of rotatable bonds is 5. The molecule has 0 spiro atoms. The molecule has 2 rings (SSSR count).